The molecule has 1 aliphatic heterocycles. The van der Waals surface area contributed by atoms with E-state index in [2.05, 4.69) is 46.5 Å². The topological polar surface area (TPSA) is 97.6 Å². The lowest BCUT2D eigenvalue weighted by atomic mass is 9.87. The molecule has 4 aromatic rings. The Bertz CT molecular complexity index is 1500. The average Bonchev–Trinajstić information content (AvgIpc) is 3.71. The number of benzene rings is 2. The molecule has 1 atom stereocenters. The van der Waals surface area contributed by atoms with Gasteiger partial charge in [-0.15, -0.1) is 0 Å². The van der Waals surface area contributed by atoms with Gasteiger partial charge in [-0.25, -0.2) is 4.98 Å². The third-order valence-corrected chi connectivity index (χ3v) is 7.24. The zero-order chi connectivity index (χ0) is 26.8. The minimum Gasteiger partial charge on any atom is -0.484 e. The average molecular weight is 523 g/mol. The Labute approximate surface area is 227 Å². The van der Waals surface area contributed by atoms with Crippen molar-refractivity contribution >= 4 is 11.8 Å². The Morgan fingerprint density at radius 2 is 2.03 bits per heavy atom. The molecule has 198 valence electrons. The maximum Gasteiger partial charge on any atom is 0.273 e. The molecule has 6 rings (SSSR count). The molecule has 0 bridgehead atoms. The first-order valence-corrected chi connectivity index (χ1v) is 13.3. The van der Waals surface area contributed by atoms with Gasteiger partial charge in [-0.2, -0.15) is 0 Å². The quantitative estimate of drug-likeness (QED) is 0.358. The number of nitrogens with one attached hydrogen (secondary N) is 1. The predicted molar refractivity (Wildman–Crippen MR) is 144 cm³/mol. The van der Waals surface area contributed by atoms with Gasteiger partial charge in [0.25, 0.3) is 5.91 Å². The Morgan fingerprint density at radius 3 is 2.82 bits per heavy atom. The van der Waals surface area contributed by atoms with Crippen molar-refractivity contribution in [1.82, 2.24) is 20.2 Å². The van der Waals surface area contributed by atoms with Crippen LogP contribution >= 0.6 is 0 Å². The fraction of sp³-hybridized carbons (Fsp3) is 0.290. The predicted octanol–water partition coefficient (Wildman–Crippen LogP) is 4.77. The van der Waals surface area contributed by atoms with E-state index in [-0.39, 0.29) is 36.1 Å². The summed E-state index contributed by atoms with van der Waals surface area (Å²) in [6, 6.07) is 18.0. The van der Waals surface area contributed by atoms with Crippen molar-refractivity contribution in [3.8, 4) is 5.75 Å². The molecule has 2 aliphatic rings. The number of aromatic nitrogens is 2. The number of ether oxygens (including phenoxy) is 1. The van der Waals surface area contributed by atoms with Crippen LogP contribution in [0.1, 0.15) is 63.1 Å². The number of nitrogens with zero attached hydrogens (tertiary/aromatic N) is 3. The summed E-state index contributed by atoms with van der Waals surface area (Å²) >= 11 is 0. The molecule has 1 N–H and O–H groups in total. The molecule has 1 saturated carbocycles. The van der Waals surface area contributed by atoms with E-state index in [4.69, 9.17) is 9.15 Å². The van der Waals surface area contributed by atoms with Crippen molar-refractivity contribution < 1.29 is 18.7 Å². The Kier molecular flexibility index (Phi) is 6.84. The van der Waals surface area contributed by atoms with E-state index in [0.29, 0.717) is 24.7 Å². The number of oxazole rings is 1. The van der Waals surface area contributed by atoms with Crippen molar-refractivity contribution in [1.29, 1.82) is 0 Å². The van der Waals surface area contributed by atoms with E-state index in [9.17, 15) is 9.59 Å². The van der Waals surface area contributed by atoms with E-state index in [0.717, 1.165) is 41.5 Å². The normalized spacial score (nSPS) is 16.4. The van der Waals surface area contributed by atoms with Crippen molar-refractivity contribution in [2.75, 3.05) is 6.54 Å². The molecule has 8 heteroatoms. The maximum absolute atomic E-state index is 13.3. The van der Waals surface area contributed by atoms with Crippen LogP contribution in [0, 0.1) is 12.8 Å². The zero-order valence-electron chi connectivity index (χ0n) is 21.8. The molecule has 8 nitrogen and oxygen atoms in total. The molecule has 39 heavy (non-hydrogen) atoms. The van der Waals surface area contributed by atoms with Crippen molar-refractivity contribution in [2.45, 2.75) is 45.4 Å². The van der Waals surface area contributed by atoms with Crippen LogP contribution in [0.15, 0.2) is 77.7 Å². The summed E-state index contributed by atoms with van der Waals surface area (Å²) in [6.07, 6.45) is 7.49. The first kappa shape index (κ1) is 24.9. The van der Waals surface area contributed by atoms with E-state index >= 15 is 0 Å². The fourth-order valence-electron chi connectivity index (χ4n) is 5.09. The van der Waals surface area contributed by atoms with Crippen LogP contribution in [-0.2, 0) is 24.4 Å². The molecule has 2 aromatic heterocycles. The van der Waals surface area contributed by atoms with Gasteiger partial charge in [-0.3, -0.25) is 14.6 Å². The first-order chi connectivity index (χ1) is 19.0. The summed E-state index contributed by atoms with van der Waals surface area (Å²) in [4.78, 5) is 36.1. The van der Waals surface area contributed by atoms with Gasteiger partial charge >= 0.3 is 0 Å². The third kappa shape index (κ3) is 5.55. The largest absolute Gasteiger partial charge is 0.484 e. The van der Waals surface area contributed by atoms with Gasteiger partial charge in [-0.05, 0) is 66.6 Å². The Hall–Kier alpha value is -4.46. The number of carbonyl (C=O) groups excluding carboxylic acids is 2. The Balaban J connectivity index is 1.17. The zero-order valence-corrected chi connectivity index (χ0v) is 21.8. The first-order valence-electron chi connectivity index (χ1n) is 13.3. The number of hydrogen-bond donors (Lipinski definition) is 1. The monoisotopic (exact) mass is 522 g/mol. The standard InChI is InChI=1S/C31H30N4O4/c1-20-4-2-6-24(14-20)29-26-15-25(10-9-22(26)11-13-35(29)31(37)23-7-8-23)38-19-28-34-27(18-39-28)30(36)33-17-21-5-3-12-32-16-21/h2-6,9-10,12,14-16,18,23,29H,7-8,11,13,17,19H2,1H3,(H,33,36)/t29-/m0/s1. The molecule has 2 amide bonds. The molecule has 1 aliphatic carbocycles. The molecule has 0 radical (unpaired) electrons. The smallest absolute Gasteiger partial charge is 0.273 e. The highest BCUT2D eigenvalue weighted by Crippen LogP contribution is 2.41. The fourth-order valence-corrected chi connectivity index (χ4v) is 5.09. The second-order valence-corrected chi connectivity index (χ2v) is 10.2. The number of fused-ring (bicyclic) bond motifs is 1. The summed E-state index contributed by atoms with van der Waals surface area (Å²) in [5, 5.41) is 2.81. The second-order valence-electron chi connectivity index (χ2n) is 10.2. The second kappa shape index (κ2) is 10.7. The summed E-state index contributed by atoms with van der Waals surface area (Å²) in [5.74, 6) is 1.03. The van der Waals surface area contributed by atoms with Crippen LogP contribution in [0.2, 0.25) is 0 Å². The van der Waals surface area contributed by atoms with E-state index < -0.39 is 0 Å². The molecule has 0 spiro atoms. The van der Waals surface area contributed by atoms with E-state index in [1.807, 2.05) is 35.2 Å². The molecular formula is C31H30N4O4. The molecule has 0 unspecified atom stereocenters. The number of aryl methyl sites for hydroxylation is 1. The lowest BCUT2D eigenvalue weighted by Crippen LogP contribution is -2.41. The number of hydrogen-bond acceptors (Lipinski definition) is 6. The summed E-state index contributed by atoms with van der Waals surface area (Å²) in [5.41, 5.74) is 5.66. The molecular weight excluding hydrogens is 492 g/mol. The van der Waals surface area contributed by atoms with E-state index in [1.54, 1.807) is 12.4 Å². The highest BCUT2D eigenvalue weighted by atomic mass is 16.5. The van der Waals surface area contributed by atoms with Crippen molar-refractivity contribution in [3.05, 3.63) is 113 Å². The number of amides is 2. The highest BCUT2D eigenvalue weighted by Gasteiger charge is 2.39. The van der Waals surface area contributed by atoms with E-state index in [1.165, 1.54) is 11.8 Å². The molecule has 3 heterocycles. The minimum atomic E-state index is -0.330. The van der Waals surface area contributed by atoms with Crippen LogP contribution < -0.4 is 10.1 Å². The SMILES string of the molecule is Cc1cccc([C@H]2c3cc(OCc4nc(C(=O)NCc5cccnc5)co4)ccc3CCN2C(=O)C2CC2)c1. The lowest BCUT2D eigenvalue weighted by Gasteiger charge is -2.38. The lowest BCUT2D eigenvalue weighted by molar-refractivity contribution is -0.134. The van der Waals surface area contributed by atoms with Crippen LogP contribution in [0.5, 0.6) is 5.75 Å². The van der Waals surface area contributed by atoms with Crippen LogP contribution in [0.4, 0.5) is 0 Å². The van der Waals surface area contributed by atoms with Crippen molar-refractivity contribution in [3.63, 3.8) is 0 Å². The van der Waals surface area contributed by atoms with Gasteiger partial charge in [0.2, 0.25) is 11.8 Å². The minimum absolute atomic E-state index is 0.0779. The van der Waals surface area contributed by atoms with Gasteiger partial charge < -0.3 is 19.4 Å². The summed E-state index contributed by atoms with van der Waals surface area (Å²) in [6.45, 7) is 3.21. The maximum atomic E-state index is 13.3. The number of pyridine rings is 1. The van der Waals surface area contributed by atoms with Gasteiger partial charge in [0.15, 0.2) is 12.3 Å². The van der Waals surface area contributed by atoms with Crippen LogP contribution in [-0.4, -0.2) is 33.2 Å². The molecule has 0 saturated heterocycles. The molecule has 1 fully saturated rings. The summed E-state index contributed by atoms with van der Waals surface area (Å²) in [7, 11) is 0. The third-order valence-electron chi connectivity index (χ3n) is 7.24. The van der Waals surface area contributed by atoms with Crippen LogP contribution in [0.3, 0.4) is 0 Å². The number of rotatable bonds is 8. The number of carbonyl (C=O) groups is 2. The summed E-state index contributed by atoms with van der Waals surface area (Å²) < 4.78 is 11.5. The van der Waals surface area contributed by atoms with Gasteiger partial charge in [0.1, 0.15) is 12.0 Å². The Morgan fingerprint density at radius 1 is 1.13 bits per heavy atom. The van der Waals surface area contributed by atoms with Crippen LogP contribution in [0.25, 0.3) is 0 Å². The van der Waals surface area contributed by atoms with Gasteiger partial charge in [0, 0.05) is 31.4 Å². The van der Waals surface area contributed by atoms with Gasteiger partial charge in [-0.1, -0.05) is 42.0 Å². The highest BCUT2D eigenvalue weighted by molar-refractivity contribution is 5.91. The molecule has 2 aromatic carbocycles. The van der Waals surface area contributed by atoms with Crippen molar-refractivity contribution in [2.24, 2.45) is 5.92 Å². The van der Waals surface area contributed by atoms with Gasteiger partial charge in [0.05, 0.1) is 6.04 Å².